The van der Waals surface area contributed by atoms with E-state index in [-0.39, 0.29) is 5.78 Å². The van der Waals surface area contributed by atoms with Gasteiger partial charge in [-0.05, 0) is 36.8 Å². The number of halogens is 1. The van der Waals surface area contributed by atoms with Gasteiger partial charge in [0.05, 0.1) is 0 Å². The molecular formula is C14H13ClN2O. The fourth-order valence-electron chi connectivity index (χ4n) is 1.66. The van der Waals surface area contributed by atoms with Crippen LogP contribution in [0.15, 0.2) is 42.6 Å². The van der Waals surface area contributed by atoms with E-state index in [1.165, 1.54) is 6.08 Å². The Labute approximate surface area is 111 Å². The summed E-state index contributed by atoms with van der Waals surface area (Å²) < 4.78 is 1.67. The smallest absolute Gasteiger partial charge is 0.203 e. The fraction of sp³-hybridized carbons (Fsp3) is 0.143. The van der Waals surface area contributed by atoms with E-state index in [4.69, 9.17) is 11.6 Å². The Hall–Kier alpha value is -1.87. The van der Waals surface area contributed by atoms with Crippen LogP contribution in [0.25, 0.3) is 6.08 Å². The van der Waals surface area contributed by atoms with Gasteiger partial charge in [-0.25, -0.2) is 0 Å². The molecule has 4 heteroatoms. The lowest BCUT2D eigenvalue weighted by Gasteiger charge is -2.00. The van der Waals surface area contributed by atoms with E-state index in [2.05, 4.69) is 5.10 Å². The average Bonchev–Trinajstić information content (AvgIpc) is 2.84. The Morgan fingerprint density at radius 2 is 2.28 bits per heavy atom. The quantitative estimate of drug-likeness (QED) is 0.623. The number of carbonyl (C=O) groups excluding carboxylic acids is 1. The molecule has 92 valence electrons. The highest BCUT2D eigenvalue weighted by Gasteiger charge is 2.07. The fourth-order valence-corrected chi connectivity index (χ4v) is 1.86. The number of nitrogens with zero attached hydrogens (tertiary/aromatic N) is 2. The first-order valence-corrected chi connectivity index (χ1v) is 6.08. The summed E-state index contributed by atoms with van der Waals surface area (Å²) in [6.45, 7) is 2.63. The van der Waals surface area contributed by atoms with E-state index < -0.39 is 0 Å². The summed E-state index contributed by atoms with van der Waals surface area (Å²) in [6.07, 6.45) is 4.92. The molecule has 0 fully saturated rings. The Bertz CT molecular complexity index is 587. The van der Waals surface area contributed by atoms with Gasteiger partial charge < -0.3 is 0 Å². The van der Waals surface area contributed by atoms with E-state index in [1.807, 2.05) is 25.1 Å². The molecule has 0 aliphatic carbocycles. The van der Waals surface area contributed by atoms with E-state index in [9.17, 15) is 4.79 Å². The van der Waals surface area contributed by atoms with Crippen LogP contribution in [0.2, 0.25) is 5.02 Å². The zero-order chi connectivity index (χ0) is 13.0. The third-order valence-electron chi connectivity index (χ3n) is 2.54. The maximum atomic E-state index is 12.0. The first-order chi connectivity index (χ1) is 8.70. The normalized spacial score (nSPS) is 11.0. The second-order valence-electron chi connectivity index (χ2n) is 3.78. The first-order valence-electron chi connectivity index (χ1n) is 5.70. The molecule has 18 heavy (non-hydrogen) atoms. The van der Waals surface area contributed by atoms with Crippen molar-refractivity contribution < 1.29 is 4.79 Å². The number of rotatable bonds is 4. The monoisotopic (exact) mass is 260 g/mol. The standard InChI is InChI=1S/C14H13ClN2O/c1-2-17-13(8-9-16-17)14(18)7-6-11-4-3-5-12(15)10-11/h3-10H,2H2,1H3/b7-6+. The lowest BCUT2D eigenvalue weighted by atomic mass is 10.2. The molecule has 0 N–H and O–H groups in total. The number of allylic oxidation sites excluding steroid dienone is 1. The summed E-state index contributed by atoms with van der Waals surface area (Å²) in [4.78, 5) is 12.0. The molecule has 0 saturated heterocycles. The number of hydrogen-bond donors (Lipinski definition) is 0. The lowest BCUT2D eigenvalue weighted by molar-refractivity contribution is 0.103. The highest BCUT2D eigenvalue weighted by Crippen LogP contribution is 2.12. The van der Waals surface area contributed by atoms with Gasteiger partial charge >= 0.3 is 0 Å². The number of benzene rings is 1. The summed E-state index contributed by atoms with van der Waals surface area (Å²) in [6, 6.07) is 9.07. The molecule has 1 aromatic heterocycles. The highest BCUT2D eigenvalue weighted by molar-refractivity contribution is 6.30. The van der Waals surface area contributed by atoms with Gasteiger partial charge in [0, 0.05) is 17.8 Å². The molecule has 0 unspecified atom stereocenters. The summed E-state index contributed by atoms with van der Waals surface area (Å²) >= 11 is 5.87. The lowest BCUT2D eigenvalue weighted by Crippen LogP contribution is -2.07. The van der Waals surface area contributed by atoms with Gasteiger partial charge in [0.1, 0.15) is 5.69 Å². The molecule has 2 rings (SSSR count). The van der Waals surface area contributed by atoms with E-state index in [1.54, 1.807) is 29.1 Å². The number of aromatic nitrogens is 2. The molecule has 0 bridgehead atoms. The summed E-state index contributed by atoms with van der Waals surface area (Å²) in [5, 5.41) is 4.72. The molecule has 0 aliphatic heterocycles. The summed E-state index contributed by atoms with van der Waals surface area (Å²) in [5.41, 5.74) is 1.49. The van der Waals surface area contributed by atoms with Crippen molar-refractivity contribution >= 4 is 23.5 Å². The number of carbonyl (C=O) groups is 1. The van der Waals surface area contributed by atoms with Crippen molar-refractivity contribution in [3.8, 4) is 0 Å². The first kappa shape index (κ1) is 12.6. The second kappa shape index (κ2) is 5.65. The third-order valence-corrected chi connectivity index (χ3v) is 2.78. The largest absolute Gasteiger partial charge is 0.288 e. The van der Waals surface area contributed by atoms with Crippen LogP contribution in [0.1, 0.15) is 23.0 Å². The van der Waals surface area contributed by atoms with Crippen LogP contribution in [-0.2, 0) is 6.54 Å². The highest BCUT2D eigenvalue weighted by atomic mass is 35.5. The molecule has 0 saturated carbocycles. The third kappa shape index (κ3) is 2.87. The van der Waals surface area contributed by atoms with Gasteiger partial charge in [-0.15, -0.1) is 0 Å². The van der Waals surface area contributed by atoms with E-state index in [0.29, 0.717) is 17.3 Å². The second-order valence-corrected chi connectivity index (χ2v) is 4.22. The van der Waals surface area contributed by atoms with Crippen LogP contribution >= 0.6 is 11.6 Å². The molecule has 2 aromatic rings. The molecular weight excluding hydrogens is 248 g/mol. The summed E-state index contributed by atoms with van der Waals surface area (Å²) in [7, 11) is 0. The van der Waals surface area contributed by atoms with Crippen molar-refractivity contribution in [2.45, 2.75) is 13.5 Å². The zero-order valence-corrected chi connectivity index (χ0v) is 10.8. The maximum Gasteiger partial charge on any atom is 0.203 e. The minimum atomic E-state index is -0.0608. The minimum Gasteiger partial charge on any atom is -0.288 e. The van der Waals surface area contributed by atoms with Crippen LogP contribution in [0.3, 0.4) is 0 Å². The Morgan fingerprint density at radius 1 is 1.44 bits per heavy atom. The molecule has 0 radical (unpaired) electrons. The van der Waals surface area contributed by atoms with Gasteiger partial charge in [0.15, 0.2) is 0 Å². The molecule has 1 heterocycles. The Kier molecular flexibility index (Phi) is 3.95. The van der Waals surface area contributed by atoms with Crippen LogP contribution < -0.4 is 0 Å². The molecule has 0 atom stereocenters. The van der Waals surface area contributed by atoms with E-state index in [0.717, 1.165) is 5.56 Å². The Morgan fingerprint density at radius 3 is 3.00 bits per heavy atom. The van der Waals surface area contributed by atoms with Gasteiger partial charge in [0.25, 0.3) is 0 Å². The summed E-state index contributed by atoms with van der Waals surface area (Å²) in [5.74, 6) is -0.0608. The molecule has 0 spiro atoms. The predicted molar refractivity (Wildman–Crippen MR) is 72.7 cm³/mol. The average molecular weight is 261 g/mol. The van der Waals surface area contributed by atoms with Crippen LogP contribution in [0.5, 0.6) is 0 Å². The van der Waals surface area contributed by atoms with Crippen LogP contribution in [-0.4, -0.2) is 15.6 Å². The number of hydrogen-bond acceptors (Lipinski definition) is 2. The van der Waals surface area contributed by atoms with Crippen LogP contribution in [0.4, 0.5) is 0 Å². The SMILES string of the molecule is CCn1nccc1C(=O)/C=C/c1cccc(Cl)c1. The van der Waals surface area contributed by atoms with E-state index >= 15 is 0 Å². The van der Waals surface area contributed by atoms with Crippen molar-refractivity contribution in [2.24, 2.45) is 0 Å². The van der Waals surface area contributed by atoms with Crippen molar-refractivity contribution in [2.75, 3.05) is 0 Å². The van der Waals surface area contributed by atoms with Gasteiger partial charge in [-0.2, -0.15) is 5.10 Å². The van der Waals surface area contributed by atoms with Crippen molar-refractivity contribution in [3.05, 3.63) is 58.9 Å². The molecule has 3 nitrogen and oxygen atoms in total. The van der Waals surface area contributed by atoms with Crippen molar-refractivity contribution in [1.29, 1.82) is 0 Å². The van der Waals surface area contributed by atoms with Gasteiger partial charge in [-0.3, -0.25) is 9.48 Å². The topological polar surface area (TPSA) is 34.9 Å². The molecule has 0 aliphatic rings. The minimum absolute atomic E-state index is 0.0608. The number of ketones is 1. The molecule has 1 aromatic carbocycles. The van der Waals surface area contributed by atoms with Crippen molar-refractivity contribution in [3.63, 3.8) is 0 Å². The molecule has 0 amide bonds. The zero-order valence-electron chi connectivity index (χ0n) is 10.0. The maximum absolute atomic E-state index is 12.0. The van der Waals surface area contributed by atoms with Gasteiger partial charge in [0.2, 0.25) is 5.78 Å². The van der Waals surface area contributed by atoms with Crippen molar-refractivity contribution in [1.82, 2.24) is 9.78 Å². The number of aryl methyl sites for hydroxylation is 1. The van der Waals surface area contributed by atoms with Gasteiger partial charge in [-0.1, -0.05) is 29.8 Å². The Balaban J connectivity index is 2.17. The predicted octanol–water partition coefficient (Wildman–Crippen LogP) is 3.45. The van der Waals surface area contributed by atoms with Crippen LogP contribution in [0, 0.1) is 0 Å².